The third-order valence-electron chi connectivity index (χ3n) is 3.31. The number of hydrogen-bond donors (Lipinski definition) is 2. The normalized spacial score (nSPS) is 10.6. The molecule has 4 nitrogen and oxygen atoms in total. The van der Waals surface area contributed by atoms with Crippen molar-refractivity contribution in [1.82, 2.24) is 9.97 Å². The molecule has 0 bridgehead atoms. The zero-order valence-corrected chi connectivity index (χ0v) is 11.1. The molecule has 0 unspecified atom stereocenters. The first-order valence-electron chi connectivity index (χ1n) is 6.59. The molecular formula is C16H16N4. The number of fused-ring (bicyclic) bond motifs is 1. The van der Waals surface area contributed by atoms with Crippen LogP contribution in [-0.4, -0.2) is 16.5 Å². The van der Waals surface area contributed by atoms with Gasteiger partial charge in [-0.3, -0.25) is 9.97 Å². The van der Waals surface area contributed by atoms with Crippen LogP contribution in [0.4, 0.5) is 11.4 Å². The molecule has 0 aliphatic carbocycles. The molecule has 1 aromatic carbocycles. The van der Waals surface area contributed by atoms with Gasteiger partial charge in [-0.1, -0.05) is 12.1 Å². The maximum Gasteiger partial charge on any atom is 0.0630 e. The van der Waals surface area contributed by atoms with Gasteiger partial charge in [0, 0.05) is 42.1 Å². The minimum Gasteiger partial charge on any atom is -0.397 e. The molecule has 0 aliphatic heterocycles. The second-order valence-corrected chi connectivity index (χ2v) is 4.66. The highest BCUT2D eigenvalue weighted by molar-refractivity contribution is 5.98. The van der Waals surface area contributed by atoms with Gasteiger partial charge in [-0.05, 0) is 30.2 Å². The Bertz CT molecular complexity index is 710. The van der Waals surface area contributed by atoms with Crippen molar-refractivity contribution in [3.63, 3.8) is 0 Å². The van der Waals surface area contributed by atoms with Crippen LogP contribution in [0.1, 0.15) is 5.56 Å². The fraction of sp³-hybridized carbons (Fsp3) is 0.125. The maximum atomic E-state index is 6.20. The van der Waals surface area contributed by atoms with Gasteiger partial charge in [-0.15, -0.1) is 0 Å². The summed E-state index contributed by atoms with van der Waals surface area (Å²) in [6.07, 6.45) is 8.17. The Morgan fingerprint density at radius 1 is 1.00 bits per heavy atom. The van der Waals surface area contributed by atoms with E-state index in [1.165, 1.54) is 5.56 Å². The van der Waals surface area contributed by atoms with Crippen molar-refractivity contribution >= 4 is 22.1 Å². The standard InChI is InChI=1S/C16H16N4/c17-16-14-6-8-19-11-13(14)3-4-15(16)20-9-5-12-2-1-7-18-10-12/h1-4,6-8,10-11,20H,5,9,17H2. The molecule has 0 saturated heterocycles. The highest BCUT2D eigenvalue weighted by Crippen LogP contribution is 2.27. The summed E-state index contributed by atoms with van der Waals surface area (Å²) in [5, 5.41) is 5.47. The number of rotatable bonds is 4. The van der Waals surface area contributed by atoms with Crippen molar-refractivity contribution in [3.8, 4) is 0 Å². The van der Waals surface area contributed by atoms with Gasteiger partial charge in [0.1, 0.15) is 0 Å². The van der Waals surface area contributed by atoms with Crippen LogP contribution in [0.15, 0.2) is 55.1 Å². The Kier molecular flexibility index (Phi) is 3.46. The molecule has 3 aromatic rings. The molecule has 2 aromatic heterocycles. The lowest BCUT2D eigenvalue weighted by molar-refractivity contribution is 1.01. The molecule has 3 N–H and O–H groups in total. The van der Waals surface area contributed by atoms with Crippen molar-refractivity contribution in [2.75, 3.05) is 17.6 Å². The van der Waals surface area contributed by atoms with Gasteiger partial charge in [0.2, 0.25) is 0 Å². The molecule has 3 rings (SSSR count). The van der Waals surface area contributed by atoms with E-state index in [9.17, 15) is 0 Å². The fourth-order valence-corrected chi connectivity index (χ4v) is 2.23. The lowest BCUT2D eigenvalue weighted by Crippen LogP contribution is -2.07. The summed E-state index contributed by atoms with van der Waals surface area (Å²) in [4.78, 5) is 8.21. The molecule has 0 atom stereocenters. The lowest BCUT2D eigenvalue weighted by atomic mass is 10.1. The van der Waals surface area contributed by atoms with E-state index in [0.717, 1.165) is 35.1 Å². The summed E-state index contributed by atoms with van der Waals surface area (Å²) in [7, 11) is 0. The topological polar surface area (TPSA) is 63.8 Å². The summed E-state index contributed by atoms with van der Waals surface area (Å²) in [6.45, 7) is 0.826. The van der Waals surface area contributed by atoms with Crippen LogP contribution in [0.5, 0.6) is 0 Å². The minimum absolute atomic E-state index is 0.774. The van der Waals surface area contributed by atoms with Crippen molar-refractivity contribution in [3.05, 3.63) is 60.7 Å². The quantitative estimate of drug-likeness (QED) is 0.711. The first-order valence-corrected chi connectivity index (χ1v) is 6.59. The van der Waals surface area contributed by atoms with E-state index < -0.39 is 0 Å². The minimum atomic E-state index is 0.774. The summed E-state index contributed by atoms with van der Waals surface area (Å²) >= 11 is 0. The largest absolute Gasteiger partial charge is 0.397 e. The van der Waals surface area contributed by atoms with Crippen molar-refractivity contribution in [2.45, 2.75) is 6.42 Å². The van der Waals surface area contributed by atoms with Crippen LogP contribution < -0.4 is 11.1 Å². The van der Waals surface area contributed by atoms with Gasteiger partial charge < -0.3 is 11.1 Å². The number of aromatic nitrogens is 2. The first kappa shape index (κ1) is 12.4. The Hall–Kier alpha value is -2.62. The Morgan fingerprint density at radius 3 is 2.75 bits per heavy atom. The molecule has 2 heterocycles. The monoisotopic (exact) mass is 264 g/mol. The van der Waals surface area contributed by atoms with Crippen LogP contribution in [0.25, 0.3) is 10.8 Å². The third kappa shape index (κ3) is 2.54. The number of nitrogens with zero attached hydrogens (tertiary/aromatic N) is 2. The molecule has 0 fully saturated rings. The number of nitrogens with two attached hydrogens (primary N) is 1. The highest BCUT2D eigenvalue weighted by Gasteiger charge is 2.03. The van der Waals surface area contributed by atoms with Crippen molar-refractivity contribution in [2.24, 2.45) is 0 Å². The molecule has 0 spiro atoms. The van der Waals surface area contributed by atoms with Crippen LogP contribution in [0.2, 0.25) is 0 Å². The number of hydrogen-bond acceptors (Lipinski definition) is 4. The Balaban J connectivity index is 1.73. The van der Waals surface area contributed by atoms with Crippen LogP contribution >= 0.6 is 0 Å². The average Bonchev–Trinajstić information content (AvgIpc) is 2.51. The van der Waals surface area contributed by atoms with Crippen molar-refractivity contribution in [1.29, 1.82) is 0 Å². The van der Waals surface area contributed by atoms with Gasteiger partial charge in [-0.25, -0.2) is 0 Å². The number of nitrogens with one attached hydrogen (secondary N) is 1. The number of pyridine rings is 2. The summed E-state index contributed by atoms with van der Waals surface area (Å²) in [5.41, 5.74) is 9.15. The smallest absolute Gasteiger partial charge is 0.0630 e. The molecule has 20 heavy (non-hydrogen) atoms. The van der Waals surface area contributed by atoms with E-state index in [0.29, 0.717) is 0 Å². The van der Waals surface area contributed by atoms with Crippen LogP contribution in [0, 0.1) is 0 Å². The SMILES string of the molecule is Nc1c(NCCc2cccnc2)ccc2cnccc12. The fourth-order valence-electron chi connectivity index (χ4n) is 2.23. The third-order valence-corrected chi connectivity index (χ3v) is 3.31. The highest BCUT2D eigenvalue weighted by atomic mass is 14.9. The number of benzene rings is 1. The van der Waals surface area contributed by atoms with E-state index in [1.54, 1.807) is 12.4 Å². The van der Waals surface area contributed by atoms with Crippen LogP contribution in [-0.2, 0) is 6.42 Å². The average molecular weight is 264 g/mol. The van der Waals surface area contributed by atoms with E-state index in [-0.39, 0.29) is 0 Å². The maximum absolute atomic E-state index is 6.20. The van der Waals surface area contributed by atoms with Gasteiger partial charge in [0.05, 0.1) is 11.4 Å². The first-order chi connectivity index (χ1) is 9.84. The Morgan fingerprint density at radius 2 is 1.90 bits per heavy atom. The second-order valence-electron chi connectivity index (χ2n) is 4.66. The van der Waals surface area contributed by atoms with Gasteiger partial charge in [-0.2, -0.15) is 0 Å². The number of anilines is 2. The summed E-state index contributed by atoms with van der Waals surface area (Å²) < 4.78 is 0. The van der Waals surface area contributed by atoms with Gasteiger partial charge in [0.25, 0.3) is 0 Å². The van der Waals surface area contributed by atoms with Gasteiger partial charge in [0.15, 0.2) is 0 Å². The van der Waals surface area contributed by atoms with E-state index >= 15 is 0 Å². The molecule has 4 heteroatoms. The second kappa shape index (κ2) is 5.57. The predicted molar refractivity (Wildman–Crippen MR) is 82.6 cm³/mol. The molecule has 0 saturated carbocycles. The summed E-state index contributed by atoms with van der Waals surface area (Å²) in [5.74, 6) is 0. The number of nitrogen functional groups attached to an aromatic ring is 1. The summed E-state index contributed by atoms with van der Waals surface area (Å²) in [6, 6.07) is 10.0. The van der Waals surface area contributed by atoms with Crippen molar-refractivity contribution < 1.29 is 0 Å². The Labute approximate surface area is 117 Å². The molecule has 0 amide bonds. The zero-order chi connectivity index (χ0) is 13.8. The molecular weight excluding hydrogens is 248 g/mol. The zero-order valence-electron chi connectivity index (χ0n) is 11.1. The molecule has 100 valence electrons. The van der Waals surface area contributed by atoms with E-state index in [1.807, 2.05) is 36.7 Å². The van der Waals surface area contributed by atoms with E-state index in [4.69, 9.17) is 5.73 Å². The predicted octanol–water partition coefficient (Wildman–Crippen LogP) is 2.87. The van der Waals surface area contributed by atoms with Gasteiger partial charge >= 0.3 is 0 Å². The molecule has 0 radical (unpaired) electrons. The molecule has 0 aliphatic rings. The van der Waals surface area contributed by atoms with Crippen LogP contribution in [0.3, 0.4) is 0 Å². The van der Waals surface area contributed by atoms with E-state index in [2.05, 4.69) is 21.4 Å². The lowest BCUT2D eigenvalue weighted by Gasteiger charge is -2.11.